The van der Waals surface area contributed by atoms with E-state index >= 15 is 0 Å². The van der Waals surface area contributed by atoms with E-state index in [4.69, 9.17) is 0 Å². The lowest BCUT2D eigenvalue weighted by Gasteiger charge is -2.14. The lowest BCUT2D eigenvalue weighted by molar-refractivity contribution is 0.446. The van der Waals surface area contributed by atoms with Crippen LogP contribution in [-0.2, 0) is 0 Å². The molecule has 0 N–H and O–H groups in total. The number of hydrogen-bond acceptors (Lipinski definition) is 0. The summed E-state index contributed by atoms with van der Waals surface area (Å²) >= 11 is 0. The highest BCUT2D eigenvalue weighted by Gasteiger charge is 2.09. The Morgan fingerprint density at radius 3 is 2.31 bits per heavy atom. The van der Waals surface area contributed by atoms with Crippen molar-refractivity contribution in [2.24, 2.45) is 0 Å². The lowest BCUT2D eigenvalue weighted by atomic mass is 9.92. The summed E-state index contributed by atoms with van der Waals surface area (Å²) in [6, 6.07) is 4.12. The third-order valence-electron chi connectivity index (χ3n) is 2.86. The minimum atomic E-state index is -0.274. The molecule has 0 fully saturated rings. The largest absolute Gasteiger partial charge is 0.250 e. The summed E-state index contributed by atoms with van der Waals surface area (Å²) in [6.07, 6.45) is 0. The number of hydrogen-bond donors (Lipinski definition) is 0. The fraction of sp³-hybridized carbons (Fsp3) is 0.500. The van der Waals surface area contributed by atoms with E-state index in [0.29, 0.717) is 0 Å². The fourth-order valence-electron chi connectivity index (χ4n) is 1.59. The van der Waals surface area contributed by atoms with E-state index in [1.165, 1.54) is 16.7 Å². The third-order valence-corrected chi connectivity index (χ3v) is 2.86. The van der Waals surface area contributed by atoms with Crippen LogP contribution in [0.25, 0.3) is 0 Å². The molecule has 1 unspecified atom stereocenters. The van der Waals surface area contributed by atoms with Crippen molar-refractivity contribution in [1.82, 2.24) is 0 Å². The molecule has 0 aliphatic carbocycles. The second kappa shape index (κ2) is 3.91. The van der Waals surface area contributed by atoms with Crippen molar-refractivity contribution < 1.29 is 4.39 Å². The van der Waals surface area contributed by atoms with Crippen LogP contribution in [-0.4, -0.2) is 6.67 Å². The van der Waals surface area contributed by atoms with E-state index in [1.54, 1.807) is 0 Å². The molecular formula is C12H17F. The molecule has 1 aromatic carbocycles. The molecule has 1 atom stereocenters. The molecular weight excluding hydrogens is 163 g/mol. The molecule has 13 heavy (non-hydrogen) atoms. The second-order valence-corrected chi connectivity index (χ2v) is 3.78. The first-order valence-corrected chi connectivity index (χ1v) is 4.70. The molecule has 0 nitrogen and oxygen atoms in total. The Bertz CT molecular complexity index is 302. The van der Waals surface area contributed by atoms with Gasteiger partial charge in [0, 0.05) is 5.92 Å². The Hall–Kier alpha value is -0.850. The summed E-state index contributed by atoms with van der Waals surface area (Å²) < 4.78 is 12.5. The van der Waals surface area contributed by atoms with Gasteiger partial charge < -0.3 is 0 Å². The summed E-state index contributed by atoms with van der Waals surface area (Å²) in [6.45, 7) is 7.91. The van der Waals surface area contributed by atoms with Gasteiger partial charge in [-0.2, -0.15) is 0 Å². The summed E-state index contributed by atoms with van der Waals surface area (Å²) in [5.41, 5.74) is 4.96. The van der Waals surface area contributed by atoms with E-state index in [-0.39, 0.29) is 12.6 Å². The van der Waals surface area contributed by atoms with Gasteiger partial charge in [0.1, 0.15) is 0 Å². The predicted molar refractivity (Wildman–Crippen MR) is 55.0 cm³/mol. The highest BCUT2D eigenvalue weighted by molar-refractivity contribution is 5.40. The summed E-state index contributed by atoms with van der Waals surface area (Å²) in [4.78, 5) is 0. The van der Waals surface area contributed by atoms with Gasteiger partial charge >= 0.3 is 0 Å². The van der Waals surface area contributed by atoms with Crippen LogP contribution in [0.2, 0.25) is 0 Å². The van der Waals surface area contributed by atoms with Gasteiger partial charge in [0.05, 0.1) is 6.67 Å². The molecule has 72 valence electrons. The van der Waals surface area contributed by atoms with Crippen molar-refractivity contribution in [2.45, 2.75) is 33.6 Å². The van der Waals surface area contributed by atoms with Crippen molar-refractivity contribution in [1.29, 1.82) is 0 Å². The Kier molecular flexibility index (Phi) is 3.07. The Balaban J connectivity index is 3.18. The average molecular weight is 180 g/mol. The van der Waals surface area contributed by atoms with Gasteiger partial charge in [0.25, 0.3) is 0 Å². The van der Waals surface area contributed by atoms with E-state index in [0.717, 1.165) is 5.56 Å². The Morgan fingerprint density at radius 2 is 1.77 bits per heavy atom. The molecule has 1 aromatic rings. The van der Waals surface area contributed by atoms with E-state index < -0.39 is 0 Å². The number of benzene rings is 1. The van der Waals surface area contributed by atoms with Gasteiger partial charge in [0.15, 0.2) is 0 Å². The van der Waals surface area contributed by atoms with E-state index in [1.807, 2.05) is 13.0 Å². The van der Waals surface area contributed by atoms with Crippen molar-refractivity contribution in [3.05, 3.63) is 34.4 Å². The topological polar surface area (TPSA) is 0 Å². The number of halogens is 1. The first-order chi connectivity index (χ1) is 6.07. The Labute approximate surface area is 79.8 Å². The van der Waals surface area contributed by atoms with Crippen LogP contribution < -0.4 is 0 Å². The standard InChI is InChI=1S/C12H17F/c1-8-5-6-12(9(2)7-13)11(4)10(8)3/h5-6,9H,7H2,1-4H3. The quantitative estimate of drug-likeness (QED) is 0.651. The van der Waals surface area contributed by atoms with Crippen molar-refractivity contribution >= 4 is 0 Å². The van der Waals surface area contributed by atoms with Crippen molar-refractivity contribution in [3.63, 3.8) is 0 Å². The molecule has 0 aromatic heterocycles. The first-order valence-electron chi connectivity index (χ1n) is 4.70. The molecule has 0 saturated heterocycles. The van der Waals surface area contributed by atoms with Gasteiger partial charge in [-0.05, 0) is 43.0 Å². The minimum absolute atomic E-state index is 0.0271. The van der Waals surface area contributed by atoms with Crippen LogP contribution in [0, 0.1) is 20.8 Å². The zero-order valence-corrected chi connectivity index (χ0v) is 8.82. The summed E-state index contributed by atoms with van der Waals surface area (Å²) in [5, 5.41) is 0. The monoisotopic (exact) mass is 180 g/mol. The molecule has 0 bridgehead atoms. The summed E-state index contributed by atoms with van der Waals surface area (Å²) in [5.74, 6) is 0.0271. The summed E-state index contributed by atoms with van der Waals surface area (Å²) in [7, 11) is 0. The minimum Gasteiger partial charge on any atom is -0.250 e. The molecule has 0 aliphatic rings. The highest BCUT2D eigenvalue weighted by Crippen LogP contribution is 2.24. The SMILES string of the molecule is Cc1ccc(C(C)CF)c(C)c1C. The second-order valence-electron chi connectivity index (χ2n) is 3.78. The molecule has 0 heterocycles. The van der Waals surface area contributed by atoms with Crippen LogP contribution in [0.5, 0.6) is 0 Å². The van der Waals surface area contributed by atoms with Crippen molar-refractivity contribution in [2.75, 3.05) is 6.67 Å². The first kappa shape index (κ1) is 10.2. The van der Waals surface area contributed by atoms with E-state index in [2.05, 4.69) is 26.8 Å². The fourth-order valence-corrected chi connectivity index (χ4v) is 1.59. The lowest BCUT2D eigenvalue weighted by Crippen LogP contribution is -2.01. The van der Waals surface area contributed by atoms with E-state index in [9.17, 15) is 4.39 Å². The van der Waals surface area contributed by atoms with Gasteiger partial charge in [-0.25, -0.2) is 0 Å². The smallest absolute Gasteiger partial charge is 0.0960 e. The predicted octanol–water partition coefficient (Wildman–Crippen LogP) is 3.68. The van der Waals surface area contributed by atoms with Gasteiger partial charge in [-0.1, -0.05) is 19.1 Å². The molecule has 0 saturated carbocycles. The zero-order valence-electron chi connectivity index (χ0n) is 8.82. The molecule has 0 spiro atoms. The van der Waals surface area contributed by atoms with Gasteiger partial charge in [-0.3, -0.25) is 4.39 Å². The third kappa shape index (κ3) is 1.90. The number of rotatable bonds is 2. The van der Waals surface area contributed by atoms with Crippen LogP contribution in [0.15, 0.2) is 12.1 Å². The van der Waals surface area contributed by atoms with Gasteiger partial charge in [-0.15, -0.1) is 0 Å². The maximum atomic E-state index is 12.5. The maximum Gasteiger partial charge on any atom is 0.0960 e. The highest BCUT2D eigenvalue weighted by atomic mass is 19.1. The average Bonchev–Trinajstić information content (AvgIpc) is 2.13. The zero-order chi connectivity index (χ0) is 10.0. The molecule has 1 rings (SSSR count). The van der Waals surface area contributed by atoms with Crippen molar-refractivity contribution in [3.8, 4) is 0 Å². The van der Waals surface area contributed by atoms with Crippen LogP contribution in [0.1, 0.15) is 35.1 Å². The van der Waals surface area contributed by atoms with Crippen LogP contribution >= 0.6 is 0 Å². The molecule has 0 amide bonds. The normalized spacial score (nSPS) is 13.0. The molecule has 0 aliphatic heterocycles. The van der Waals surface area contributed by atoms with Gasteiger partial charge in [0.2, 0.25) is 0 Å². The Morgan fingerprint density at radius 1 is 1.15 bits per heavy atom. The molecule has 0 radical (unpaired) electrons. The molecule has 1 heteroatoms. The maximum absolute atomic E-state index is 12.5. The van der Waals surface area contributed by atoms with Crippen LogP contribution in [0.3, 0.4) is 0 Å². The van der Waals surface area contributed by atoms with Crippen LogP contribution in [0.4, 0.5) is 4.39 Å². The number of aryl methyl sites for hydroxylation is 1. The number of alkyl halides is 1.